The van der Waals surface area contributed by atoms with Crippen LogP contribution in [0.1, 0.15) is 41.4 Å². The second kappa shape index (κ2) is 6.63. The fourth-order valence-electron chi connectivity index (χ4n) is 3.36. The van der Waals surface area contributed by atoms with E-state index in [1.165, 1.54) is 0 Å². The van der Waals surface area contributed by atoms with Gasteiger partial charge in [-0.15, -0.1) is 0 Å². The first kappa shape index (κ1) is 16.5. The molecule has 1 aromatic carbocycles. The molecule has 1 fully saturated rings. The molecule has 2 heterocycles. The van der Waals surface area contributed by atoms with Crippen LogP contribution in [0, 0.1) is 19.8 Å². The second-order valence-electron chi connectivity index (χ2n) is 6.85. The van der Waals surface area contributed by atoms with Gasteiger partial charge in [-0.2, -0.15) is 0 Å². The molecule has 2 aromatic rings. The van der Waals surface area contributed by atoms with Gasteiger partial charge in [0.15, 0.2) is 0 Å². The molecule has 0 amide bonds. The summed E-state index contributed by atoms with van der Waals surface area (Å²) in [4.78, 5) is 18.8. The molecule has 0 aliphatic carbocycles. The van der Waals surface area contributed by atoms with E-state index < -0.39 is 5.97 Å². The Kier molecular flexibility index (Phi) is 4.56. The minimum absolute atomic E-state index is 0.320. The number of carboxylic acid groups (broad SMARTS) is 1. The Labute approximate surface area is 143 Å². The summed E-state index contributed by atoms with van der Waals surface area (Å²) in [5.74, 6) is 0.397. The van der Waals surface area contributed by atoms with E-state index in [-0.39, 0.29) is 0 Å². The van der Waals surface area contributed by atoms with Gasteiger partial charge in [0.05, 0.1) is 0 Å². The standard InChI is InChI=1S/C20H24N2O2/c1-13-7-9-22(10-8-13)19-18(20(23)24)17(12-15(3)21-19)16-6-4-5-14(2)11-16/h4-6,11-13H,7-10H2,1-3H3,(H,23,24). The zero-order chi connectivity index (χ0) is 17.3. The highest BCUT2D eigenvalue weighted by Gasteiger charge is 2.25. The van der Waals surface area contributed by atoms with E-state index in [1.807, 2.05) is 44.2 Å². The van der Waals surface area contributed by atoms with Gasteiger partial charge < -0.3 is 10.0 Å². The molecule has 3 rings (SSSR count). The second-order valence-corrected chi connectivity index (χ2v) is 6.85. The Morgan fingerprint density at radius 1 is 1.21 bits per heavy atom. The molecule has 0 radical (unpaired) electrons. The lowest BCUT2D eigenvalue weighted by Gasteiger charge is -2.32. The lowest BCUT2D eigenvalue weighted by Crippen LogP contribution is -2.34. The summed E-state index contributed by atoms with van der Waals surface area (Å²) >= 11 is 0. The summed E-state index contributed by atoms with van der Waals surface area (Å²) in [7, 11) is 0. The molecule has 0 unspecified atom stereocenters. The summed E-state index contributed by atoms with van der Waals surface area (Å²) in [6.07, 6.45) is 2.16. The van der Waals surface area contributed by atoms with Crippen molar-refractivity contribution in [3.05, 3.63) is 47.2 Å². The lowest BCUT2D eigenvalue weighted by molar-refractivity contribution is 0.0698. The van der Waals surface area contributed by atoms with Gasteiger partial charge in [-0.05, 0) is 44.2 Å². The number of rotatable bonds is 3. The van der Waals surface area contributed by atoms with Crippen LogP contribution in [-0.2, 0) is 0 Å². The van der Waals surface area contributed by atoms with Crippen LogP contribution in [0.25, 0.3) is 11.1 Å². The number of pyridine rings is 1. The van der Waals surface area contributed by atoms with Crippen LogP contribution in [0.4, 0.5) is 5.82 Å². The van der Waals surface area contributed by atoms with Gasteiger partial charge in [0, 0.05) is 24.3 Å². The molecule has 0 spiro atoms. The first-order valence-corrected chi connectivity index (χ1v) is 8.52. The van der Waals surface area contributed by atoms with Gasteiger partial charge in [0.25, 0.3) is 0 Å². The van der Waals surface area contributed by atoms with Crippen LogP contribution in [0.5, 0.6) is 0 Å². The van der Waals surface area contributed by atoms with E-state index >= 15 is 0 Å². The number of carboxylic acids is 1. The van der Waals surface area contributed by atoms with E-state index in [4.69, 9.17) is 0 Å². The highest BCUT2D eigenvalue weighted by molar-refractivity contribution is 6.01. The molecule has 4 heteroatoms. The molecule has 4 nitrogen and oxygen atoms in total. The van der Waals surface area contributed by atoms with Crippen molar-refractivity contribution in [2.75, 3.05) is 18.0 Å². The summed E-state index contributed by atoms with van der Waals surface area (Å²) in [6.45, 7) is 7.93. The van der Waals surface area contributed by atoms with Crippen molar-refractivity contribution in [2.24, 2.45) is 5.92 Å². The van der Waals surface area contributed by atoms with Crippen molar-refractivity contribution in [1.82, 2.24) is 4.98 Å². The highest BCUT2D eigenvalue weighted by atomic mass is 16.4. The predicted octanol–water partition coefficient (Wildman–Crippen LogP) is 4.30. The first-order valence-electron chi connectivity index (χ1n) is 8.52. The van der Waals surface area contributed by atoms with Crippen LogP contribution in [0.15, 0.2) is 30.3 Å². The Balaban J connectivity index is 2.14. The fraction of sp³-hybridized carbons (Fsp3) is 0.400. The molecule has 1 aliphatic heterocycles. The minimum atomic E-state index is -0.910. The topological polar surface area (TPSA) is 53.4 Å². The average molecular weight is 324 g/mol. The van der Waals surface area contributed by atoms with E-state index in [0.717, 1.165) is 48.3 Å². The number of hydrogen-bond acceptors (Lipinski definition) is 3. The van der Waals surface area contributed by atoms with Crippen LogP contribution in [0.2, 0.25) is 0 Å². The summed E-state index contributed by atoms with van der Waals surface area (Å²) in [6, 6.07) is 9.87. The van der Waals surface area contributed by atoms with E-state index in [9.17, 15) is 9.90 Å². The molecular weight excluding hydrogens is 300 g/mol. The van der Waals surface area contributed by atoms with E-state index in [0.29, 0.717) is 17.3 Å². The average Bonchev–Trinajstić information content (AvgIpc) is 2.54. The molecule has 0 atom stereocenters. The summed E-state index contributed by atoms with van der Waals surface area (Å²) in [5.41, 5.74) is 3.98. The Morgan fingerprint density at radius 2 is 1.92 bits per heavy atom. The van der Waals surface area contributed by atoms with E-state index in [2.05, 4.69) is 16.8 Å². The van der Waals surface area contributed by atoms with Crippen molar-refractivity contribution >= 4 is 11.8 Å². The number of aromatic nitrogens is 1. The minimum Gasteiger partial charge on any atom is -0.478 e. The first-order chi connectivity index (χ1) is 11.5. The number of aryl methyl sites for hydroxylation is 2. The largest absolute Gasteiger partial charge is 0.478 e. The Hall–Kier alpha value is -2.36. The van der Waals surface area contributed by atoms with Gasteiger partial charge in [-0.1, -0.05) is 36.8 Å². The smallest absolute Gasteiger partial charge is 0.340 e. The lowest BCUT2D eigenvalue weighted by atomic mass is 9.96. The normalized spacial score (nSPS) is 15.5. The molecule has 1 aliphatic rings. The monoisotopic (exact) mass is 324 g/mol. The van der Waals surface area contributed by atoms with Crippen molar-refractivity contribution in [2.45, 2.75) is 33.6 Å². The maximum Gasteiger partial charge on any atom is 0.340 e. The number of nitrogens with zero attached hydrogens (tertiary/aromatic N) is 2. The summed E-state index contributed by atoms with van der Waals surface area (Å²) in [5, 5.41) is 9.88. The predicted molar refractivity (Wildman–Crippen MR) is 96.7 cm³/mol. The van der Waals surface area contributed by atoms with Crippen LogP contribution in [-0.4, -0.2) is 29.1 Å². The SMILES string of the molecule is Cc1cccc(-c2cc(C)nc(N3CCC(C)CC3)c2C(=O)O)c1. The zero-order valence-electron chi connectivity index (χ0n) is 14.5. The van der Waals surface area contributed by atoms with Gasteiger partial charge in [0.1, 0.15) is 11.4 Å². The van der Waals surface area contributed by atoms with Crippen molar-refractivity contribution in [1.29, 1.82) is 0 Å². The highest BCUT2D eigenvalue weighted by Crippen LogP contribution is 2.33. The fourth-order valence-corrected chi connectivity index (χ4v) is 3.36. The number of carbonyl (C=O) groups is 1. The van der Waals surface area contributed by atoms with Gasteiger partial charge in [-0.25, -0.2) is 9.78 Å². The molecule has 1 saturated heterocycles. The molecule has 24 heavy (non-hydrogen) atoms. The maximum absolute atomic E-state index is 12.1. The molecule has 0 saturated carbocycles. The molecule has 126 valence electrons. The van der Waals surface area contributed by atoms with Gasteiger partial charge in [0.2, 0.25) is 0 Å². The third-order valence-corrected chi connectivity index (χ3v) is 4.75. The number of piperidine rings is 1. The number of benzene rings is 1. The van der Waals surface area contributed by atoms with Gasteiger partial charge >= 0.3 is 5.97 Å². The van der Waals surface area contributed by atoms with Crippen LogP contribution >= 0.6 is 0 Å². The molecular formula is C20H24N2O2. The number of aromatic carboxylic acids is 1. The summed E-state index contributed by atoms with van der Waals surface area (Å²) < 4.78 is 0. The molecule has 1 N–H and O–H groups in total. The third kappa shape index (κ3) is 3.28. The van der Waals surface area contributed by atoms with Crippen molar-refractivity contribution < 1.29 is 9.90 Å². The van der Waals surface area contributed by atoms with Crippen LogP contribution < -0.4 is 4.90 Å². The zero-order valence-corrected chi connectivity index (χ0v) is 14.5. The Morgan fingerprint density at radius 3 is 2.54 bits per heavy atom. The third-order valence-electron chi connectivity index (χ3n) is 4.75. The van der Waals surface area contributed by atoms with Crippen molar-refractivity contribution in [3.63, 3.8) is 0 Å². The molecule has 1 aromatic heterocycles. The Bertz CT molecular complexity index is 762. The quantitative estimate of drug-likeness (QED) is 0.914. The van der Waals surface area contributed by atoms with Crippen LogP contribution in [0.3, 0.4) is 0 Å². The van der Waals surface area contributed by atoms with E-state index in [1.54, 1.807) is 0 Å². The number of hydrogen-bond donors (Lipinski definition) is 1. The number of anilines is 1. The maximum atomic E-state index is 12.1. The molecule has 0 bridgehead atoms. The van der Waals surface area contributed by atoms with Crippen molar-refractivity contribution in [3.8, 4) is 11.1 Å². The van der Waals surface area contributed by atoms with Gasteiger partial charge in [-0.3, -0.25) is 0 Å².